The van der Waals surface area contributed by atoms with Crippen LogP contribution in [0.3, 0.4) is 0 Å². The molecule has 2 aromatic rings. The summed E-state index contributed by atoms with van der Waals surface area (Å²) in [4.78, 5) is 12.0. The third-order valence-corrected chi connectivity index (χ3v) is 3.93. The van der Waals surface area contributed by atoms with Crippen molar-refractivity contribution in [3.05, 3.63) is 35.2 Å². The number of aryl methyl sites for hydroxylation is 2. The Labute approximate surface area is 141 Å². The fourth-order valence-electron chi connectivity index (χ4n) is 2.86. The van der Waals surface area contributed by atoms with Crippen LogP contribution in [-0.4, -0.2) is 21.9 Å². The molecule has 1 heterocycles. The van der Waals surface area contributed by atoms with Crippen molar-refractivity contribution in [2.75, 3.05) is 0 Å². The highest BCUT2D eigenvalue weighted by atomic mass is 16.6. The lowest BCUT2D eigenvalue weighted by atomic mass is 10.0. The third kappa shape index (κ3) is 3.58. The van der Waals surface area contributed by atoms with Gasteiger partial charge >= 0.3 is 6.09 Å². The van der Waals surface area contributed by atoms with Crippen LogP contribution in [0.2, 0.25) is 0 Å². The summed E-state index contributed by atoms with van der Waals surface area (Å²) in [7, 11) is 0. The zero-order valence-corrected chi connectivity index (χ0v) is 14.5. The highest BCUT2D eigenvalue weighted by Gasteiger charge is 2.27. The van der Waals surface area contributed by atoms with E-state index < -0.39 is 5.60 Å². The number of nitrogens with zero attached hydrogens (tertiary/aromatic N) is 2. The summed E-state index contributed by atoms with van der Waals surface area (Å²) >= 11 is 0. The van der Waals surface area contributed by atoms with E-state index in [9.17, 15) is 4.79 Å². The third-order valence-electron chi connectivity index (χ3n) is 3.93. The minimum Gasteiger partial charge on any atom is -0.444 e. The lowest BCUT2D eigenvalue weighted by Crippen LogP contribution is -2.34. The first-order valence-corrected chi connectivity index (χ1v) is 8.31. The highest BCUT2D eigenvalue weighted by molar-refractivity contribution is 5.69. The summed E-state index contributed by atoms with van der Waals surface area (Å²) < 4.78 is 11.0. The van der Waals surface area contributed by atoms with Gasteiger partial charge in [0.25, 0.3) is 0 Å². The van der Waals surface area contributed by atoms with Crippen molar-refractivity contribution in [2.24, 2.45) is 0 Å². The summed E-state index contributed by atoms with van der Waals surface area (Å²) in [5.74, 6) is 1.17. The van der Waals surface area contributed by atoms with E-state index in [2.05, 4.69) is 21.6 Å². The minimum atomic E-state index is -0.496. The summed E-state index contributed by atoms with van der Waals surface area (Å²) in [6.45, 7) is 7.55. The van der Waals surface area contributed by atoms with Crippen LogP contribution in [0.1, 0.15) is 57.2 Å². The molecule has 24 heavy (non-hydrogen) atoms. The summed E-state index contributed by atoms with van der Waals surface area (Å²) in [5.41, 5.74) is 2.74. The molecule has 1 aromatic carbocycles. The van der Waals surface area contributed by atoms with Crippen molar-refractivity contribution in [1.82, 2.24) is 15.5 Å². The van der Waals surface area contributed by atoms with Crippen molar-refractivity contribution >= 4 is 6.09 Å². The van der Waals surface area contributed by atoms with Crippen molar-refractivity contribution < 1.29 is 13.9 Å². The average molecular weight is 329 g/mol. The van der Waals surface area contributed by atoms with Gasteiger partial charge in [0.15, 0.2) is 0 Å². The molecule has 3 rings (SSSR count). The first-order valence-electron chi connectivity index (χ1n) is 8.31. The van der Waals surface area contributed by atoms with E-state index in [1.807, 2.05) is 39.8 Å². The van der Waals surface area contributed by atoms with Crippen molar-refractivity contribution in [2.45, 2.75) is 58.6 Å². The molecule has 0 aliphatic heterocycles. The predicted molar refractivity (Wildman–Crippen MR) is 89.5 cm³/mol. The fourth-order valence-corrected chi connectivity index (χ4v) is 2.86. The maximum absolute atomic E-state index is 12.0. The lowest BCUT2D eigenvalue weighted by Gasteiger charge is -2.22. The number of hydrogen-bond donors (Lipinski definition) is 1. The normalized spacial score (nSPS) is 16.8. The minimum absolute atomic E-state index is 0.0159. The van der Waals surface area contributed by atoms with E-state index in [0.717, 1.165) is 30.4 Å². The molecule has 1 aliphatic carbocycles. The SMILES string of the molecule is CCc1nnc(-c2ccc3c(c2)CC[C@H]3NC(=O)OC(C)(C)C)o1. The maximum atomic E-state index is 12.0. The first kappa shape index (κ1) is 16.5. The second-order valence-electron chi connectivity index (χ2n) is 7.01. The number of aromatic nitrogens is 2. The first-order chi connectivity index (χ1) is 11.4. The van der Waals surface area contributed by atoms with E-state index in [-0.39, 0.29) is 12.1 Å². The number of rotatable bonds is 3. The molecule has 0 spiro atoms. The predicted octanol–water partition coefficient (Wildman–Crippen LogP) is 3.81. The molecule has 0 radical (unpaired) electrons. The molecule has 6 nitrogen and oxygen atoms in total. The molecule has 1 N–H and O–H groups in total. The number of hydrogen-bond acceptors (Lipinski definition) is 5. The molecule has 0 fully saturated rings. The number of amides is 1. The van der Waals surface area contributed by atoms with Crippen LogP contribution in [-0.2, 0) is 17.6 Å². The quantitative estimate of drug-likeness (QED) is 0.926. The van der Waals surface area contributed by atoms with Gasteiger partial charge in [-0.25, -0.2) is 4.79 Å². The Hall–Kier alpha value is -2.37. The second-order valence-corrected chi connectivity index (χ2v) is 7.01. The number of carbonyl (C=O) groups is 1. The summed E-state index contributed by atoms with van der Waals surface area (Å²) in [6, 6.07) is 6.04. The smallest absolute Gasteiger partial charge is 0.408 e. The van der Waals surface area contributed by atoms with Crippen LogP contribution in [0, 0.1) is 0 Å². The van der Waals surface area contributed by atoms with Gasteiger partial charge in [-0.15, -0.1) is 10.2 Å². The van der Waals surface area contributed by atoms with Gasteiger partial charge in [0.05, 0.1) is 6.04 Å². The van der Waals surface area contributed by atoms with Crippen LogP contribution >= 0.6 is 0 Å². The molecule has 1 aromatic heterocycles. The zero-order chi connectivity index (χ0) is 17.3. The fraction of sp³-hybridized carbons (Fsp3) is 0.500. The lowest BCUT2D eigenvalue weighted by molar-refractivity contribution is 0.0503. The molecule has 1 atom stereocenters. The Kier molecular flexibility index (Phi) is 4.30. The number of carbonyl (C=O) groups excluding carboxylic acids is 1. The Morgan fingerprint density at radius 2 is 2.17 bits per heavy atom. The van der Waals surface area contributed by atoms with Gasteiger partial charge in [0, 0.05) is 12.0 Å². The molecule has 0 unspecified atom stereocenters. The molecule has 6 heteroatoms. The van der Waals surface area contributed by atoms with Gasteiger partial charge in [-0.3, -0.25) is 0 Å². The van der Waals surface area contributed by atoms with E-state index in [4.69, 9.17) is 9.15 Å². The molecule has 128 valence electrons. The summed E-state index contributed by atoms with van der Waals surface area (Å²) in [5, 5.41) is 11.0. The van der Waals surface area contributed by atoms with E-state index in [1.54, 1.807) is 0 Å². The number of fused-ring (bicyclic) bond motifs is 1. The van der Waals surface area contributed by atoms with Gasteiger partial charge < -0.3 is 14.5 Å². The monoisotopic (exact) mass is 329 g/mol. The molecule has 0 saturated heterocycles. The average Bonchev–Trinajstić information content (AvgIpc) is 3.12. The number of benzene rings is 1. The number of alkyl carbamates (subject to hydrolysis) is 1. The van der Waals surface area contributed by atoms with Crippen LogP contribution in [0.15, 0.2) is 22.6 Å². The van der Waals surface area contributed by atoms with Gasteiger partial charge in [0.1, 0.15) is 5.60 Å². The molecule has 0 bridgehead atoms. The van der Waals surface area contributed by atoms with Gasteiger partial charge in [-0.2, -0.15) is 0 Å². The van der Waals surface area contributed by atoms with Crippen LogP contribution in [0.25, 0.3) is 11.5 Å². The highest BCUT2D eigenvalue weighted by Crippen LogP contribution is 2.34. The molecule has 0 saturated carbocycles. The Morgan fingerprint density at radius 1 is 1.38 bits per heavy atom. The van der Waals surface area contributed by atoms with Crippen LogP contribution < -0.4 is 5.32 Å². The van der Waals surface area contributed by atoms with Crippen molar-refractivity contribution in [3.63, 3.8) is 0 Å². The van der Waals surface area contributed by atoms with Gasteiger partial charge in [-0.05, 0) is 56.9 Å². The molecule has 1 aliphatic rings. The molecular weight excluding hydrogens is 306 g/mol. The van der Waals surface area contributed by atoms with Gasteiger partial charge in [-0.1, -0.05) is 13.0 Å². The van der Waals surface area contributed by atoms with Crippen molar-refractivity contribution in [1.29, 1.82) is 0 Å². The van der Waals surface area contributed by atoms with Crippen LogP contribution in [0.5, 0.6) is 0 Å². The van der Waals surface area contributed by atoms with E-state index in [1.165, 1.54) is 5.56 Å². The Morgan fingerprint density at radius 3 is 2.83 bits per heavy atom. The maximum Gasteiger partial charge on any atom is 0.408 e. The number of nitrogens with one attached hydrogen (secondary N) is 1. The second kappa shape index (κ2) is 6.26. The van der Waals surface area contributed by atoms with Crippen LogP contribution in [0.4, 0.5) is 4.79 Å². The van der Waals surface area contributed by atoms with Gasteiger partial charge in [0.2, 0.25) is 11.8 Å². The standard InChI is InChI=1S/C18H23N3O3/c1-5-15-20-21-16(23-15)12-6-8-13-11(10-12)7-9-14(13)19-17(22)24-18(2,3)4/h6,8,10,14H,5,7,9H2,1-4H3,(H,19,22)/t14-/m1/s1. The van der Waals surface area contributed by atoms with E-state index >= 15 is 0 Å². The summed E-state index contributed by atoms with van der Waals surface area (Å²) in [6.07, 6.45) is 2.11. The van der Waals surface area contributed by atoms with E-state index in [0.29, 0.717) is 11.8 Å². The topological polar surface area (TPSA) is 77.2 Å². The largest absolute Gasteiger partial charge is 0.444 e. The molecule has 1 amide bonds. The number of ether oxygens (including phenoxy) is 1. The zero-order valence-electron chi connectivity index (χ0n) is 14.5. The molecular formula is C18H23N3O3. The Bertz CT molecular complexity index is 746. The Balaban J connectivity index is 1.74. The van der Waals surface area contributed by atoms with Crippen molar-refractivity contribution in [3.8, 4) is 11.5 Å².